The quantitative estimate of drug-likeness (QED) is 0.393. The van der Waals surface area contributed by atoms with Crippen LogP contribution in [0, 0.1) is 6.92 Å². The van der Waals surface area contributed by atoms with Crippen molar-refractivity contribution in [2.24, 2.45) is 5.11 Å². The number of hydrogen-bond donors (Lipinski definition) is 0. The fraction of sp³-hybridized carbons (Fsp3) is 0.455. The Bertz CT molecular complexity index is 363. The number of nitrogens with zero attached hydrogens (tertiary/aromatic N) is 3. The van der Waals surface area contributed by atoms with Gasteiger partial charge in [-0.05, 0) is 29.5 Å². The standard InChI is InChI=1S/C11H15N3/c1-8(2)11-5-4-9(3)6-10(11)7-13-14-12/h4-6,8H,7H2,1-3H3. The van der Waals surface area contributed by atoms with Crippen molar-refractivity contribution in [2.75, 3.05) is 0 Å². The van der Waals surface area contributed by atoms with Crippen LogP contribution in [0.2, 0.25) is 0 Å². The molecule has 0 spiro atoms. The first-order valence-corrected chi connectivity index (χ1v) is 4.75. The molecule has 1 rings (SSSR count). The first kappa shape index (κ1) is 10.6. The van der Waals surface area contributed by atoms with E-state index in [2.05, 4.69) is 42.1 Å². The van der Waals surface area contributed by atoms with E-state index < -0.39 is 0 Å². The molecule has 0 aliphatic carbocycles. The molecule has 0 fully saturated rings. The van der Waals surface area contributed by atoms with Crippen LogP contribution < -0.4 is 0 Å². The highest BCUT2D eigenvalue weighted by atomic mass is 15.1. The number of hydrogen-bond acceptors (Lipinski definition) is 1. The molecular weight excluding hydrogens is 174 g/mol. The van der Waals surface area contributed by atoms with Gasteiger partial charge in [0, 0.05) is 4.91 Å². The van der Waals surface area contributed by atoms with Crippen LogP contribution in [-0.2, 0) is 6.54 Å². The predicted molar refractivity (Wildman–Crippen MR) is 58.1 cm³/mol. The van der Waals surface area contributed by atoms with E-state index in [1.807, 2.05) is 6.92 Å². The lowest BCUT2D eigenvalue weighted by Crippen LogP contribution is -1.95. The van der Waals surface area contributed by atoms with Gasteiger partial charge >= 0.3 is 0 Å². The highest BCUT2D eigenvalue weighted by Gasteiger charge is 2.05. The zero-order valence-electron chi connectivity index (χ0n) is 8.86. The van der Waals surface area contributed by atoms with Gasteiger partial charge in [-0.1, -0.05) is 42.7 Å². The molecule has 0 atom stereocenters. The molecule has 0 saturated carbocycles. The van der Waals surface area contributed by atoms with Crippen LogP contribution in [0.1, 0.15) is 36.5 Å². The van der Waals surface area contributed by atoms with Crippen molar-refractivity contribution < 1.29 is 0 Å². The van der Waals surface area contributed by atoms with Crippen molar-refractivity contribution in [3.05, 3.63) is 45.3 Å². The zero-order valence-corrected chi connectivity index (χ0v) is 8.86. The van der Waals surface area contributed by atoms with Crippen molar-refractivity contribution in [3.63, 3.8) is 0 Å². The number of aryl methyl sites for hydroxylation is 1. The topological polar surface area (TPSA) is 48.8 Å². The number of rotatable bonds is 3. The molecule has 74 valence electrons. The molecule has 0 radical (unpaired) electrons. The third-order valence-electron chi connectivity index (χ3n) is 2.22. The van der Waals surface area contributed by atoms with Crippen LogP contribution in [-0.4, -0.2) is 0 Å². The Morgan fingerprint density at radius 2 is 2.14 bits per heavy atom. The monoisotopic (exact) mass is 189 g/mol. The molecule has 0 aliphatic heterocycles. The fourth-order valence-corrected chi connectivity index (χ4v) is 1.54. The molecule has 1 aromatic carbocycles. The third-order valence-corrected chi connectivity index (χ3v) is 2.22. The van der Waals surface area contributed by atoms with Crippen molar-refractivity contribution in [2.45, 2.75) is 33.2 Å². The Balaban J connectivity index is 3.08. The van der Waals surface area contributed by atoms with Crippen molar-refractivity contribution in [3.8, 4) is 0 Å². The summed E-state index contributed by atoms with van der Waals surface area (Å²) in [6.07, 6.45) is 0. The highest BCUT2D eigenvalue weighted by molar-refractivity contribution is 5.33. The lowest BCUT2D eigenvalue weighted by atomic mass is 9.96. The maximum Gasteiger partial charge on any atom is 0.0513 e. The number of benzene rings is 1. The summed E-state index contributed by atoms with van der Waals surface area (Å²) in [4.78, 5) is 2.79. The molecule has 0 heterocycles. The van der Waals surface area contributed by atoms with Gasteiger partial charge in [0.25, 0.3) is 0 Å². The Labute approximate surface area is 84.4 Å². The van der Waals surface area contributed by atoms with Gasteiger partial charge in [-0.3, -0.25) is 0 Å². The van der Waals surface area contributed by atoms with E-state index in [1.165, 1.54) is 11.1 Å². The van der Waals surface area contributed by atoms with Crippen LogP contribution in [0.4, 0.5) is 0 Å². The Kier molecular flexibility index (Phi) is 3.55. The van der Waals surface area contributed by atoms with Crippen LogP contribution in [0.5, 0.6) is 0 Å². The smallest absolute Gasteiger partial charge is 0.0513 e. The largest absolute Gasteiger partial charge is 0.0893 e. The van der Waals surface area contributed by atoms with Crippen molar-refractivity contribution >= 4 is 0 Å². The summed E-state index contributed by atoms with van der Waals surface area (Å²) in [6, 6.07) is 6.29. The van der Waals surface area contributed by atoms with Gasteiger partial charge in [-0.2, -0.15) is 0 Å². The first-order chi connectivity index (χ1) is 6.65. The summed E-state index contributed by atoms with van der Waals surface area (Å²) in [7, 11) is 0. The minimum absolute atomic E-state index is 0.450. The lowest BCUT2D eigenvalue weighted by molar-refractivity contribution is 0.837. The molecule has 0 N–H and O–H groups in total. The third kappa shape index (κ3) is 2.51. The van der Waals surface area contributed by atoms with Crippen molar-refractivity contribution in [1.82, 2.24) is 0 Å². The van der Waals surface area contributed by atoms with E-state index in [9.17, 15) is 0 Å². The van der Waals surface area contributed by atoms with Crippen LogP contribution >= 0.6 is 0 Å². The Morgan fingerprint density at radius 1 is 1.43 bits per heavy atom. The normalized spacial score (nSPS) is 10.0. The van der Waals surface area contributed by atoms with Gasteiger partial charge in [0.05, 0.1) is 6.54 Å². The molecule has 14 heavy (non-hydrogen) atoms. The van der Waals surface area contributed by atoms with E-state index in [0.717, 1.165) is 5.56 Å². The lowest BCUT2D eigenvalue weighted by Gasteiger charge is -2.11. The molecule has 1 aromatic rings. The molecular formula is C11H15N3. The van der Waals surface area contributed by atoms with Crippen LogP contribution in [0.15, 0.2) is 23.3 Å². The van der Waals surface area contributed by atoms with Gasteiger partial charge in [-0.25, -0.2) is 0 Å². The highest BCUT2D eigenvalue weighted by Crippen LogP contribution is 2.21. The summed E-state index contributed by atoms with van der Waals surface area (Å²) in [5.41, 5.74) is 11.9. The molecule has 0 aliphatic rings. The average Bonchev–Trinajstić information content (AvgIpc) is 2.14. The summed E-state index contributed by atoms with van der Waals surface area (Å²) in [6.45, 7) is 6.78. The molecule has 3 nitrogen and oxygen atoms in total. The van der Waals surface area contributed by atoms with E-state index >= 15 is 0 Å². The van der Waals surface area contributed by atoms with E-state index in [-0.39, 0.29) is 0 Å². The molecule has 0 saturated heterocycles. The molecule has 0 aromatic heterocycles. The summed E-state index contributed by atoms with van der Waals surface area (Å²) >= 11 is 0. The average molecular weight is 189 g/mol. The minimum Gasteiger partial charge on any atom is -0.0893 e. The molecule has 3 heteroatoms. The van der Waals surface area contributed by atoms with E-state index in [4.69, 9.17) is 5.53 Å². The van der Waals surface area contributed by atoms with E-state index in [1.54, 1.807) is 0 Å². The summed E-state index contributed by atoms with van der Waals surface area (Å²) in [5.74, 6) is 0.472. The Morgan fingerprint density at radius 3 is 2.71 bits per heavy atom. The first-order valence-electron chi connectivity index (χ1n) is 4.75. The summed E-state index contributed by atoms with van der Waals surface area (Å²) < 4.78 is 0. The van der Waals surface area contributed by atoms with Crippen LogP contribution in [0.3, 0.4) is 0 Å². The van der Waals surface area contributed by atoms with Gasteiger partial charge < -0.3 is 0 Å². The molecule has 0 amide bonds. The summed E-state index contributed by atoms with van der Waals surface area (Å²) in [5, 5.41) is 3.61. The maximum atomic E-state index is 8.28. The second kappa shape index (κ2) is 4.68. The number of azide groups is 1. The predicted octanol–water partition coefficient (Wildman–Crippen LogP) is 3.93. The van der Waals surface area contributed by atoms with Gasteiger partial charge in [-0.15, -0.1) is 0 Å². The zero-order chi connectivity index (χ0) is 10.6. The van der Waals surface area contributed by atoms with Gasteiger partial charge in [0.2, 0.25) is 0 Å². The maximum absolute atomic E-state index is 8.28. The fourth-order valence-electron chi connectivity index (χ4n) is 1.54. The SMILES string of the molecule is Cc1ccc(C(C)C)c(CN=[N+]=[N-])c1. The Hall–Kier alpha value is -1.47. The molecule has 0 unspecified atom stereocenters. The second-order valence-corrected chi connectivity index (χ2v) is 3.75. The van der Waals surface area contributed by atoms with Gasteiger partial charge in [0.1, 0.15) is 0 Å². The second-order valence-electron chi connectivity index (χ2n) is 3.75. The van der Waals surface area contributed by atoms with Gasteiger partial charge in [0.15, 0.2) is 0 Å². The minimum atomic E-state index is 0.450. The molecule has 0 bridgehead atoms. The van der Waals surface area contributed by atoms with E-state index in [0.29, 0.717) is 12.5 Å². The van der Waals surface area contributed by atoms with Crippen LogP contribution in [0.25, 0.3) is 10.4 Å². The van der Waals surface area contributed by atoms with Crippen molar-refractivity contribution in [1.29, 1.82) is 0 Å².